The van der Waals surface area contributed by atoms with Crippen LogP contribution in [0.2, 0.25) is 0 Å². The molecule has 5 atom stereocenters. The minimum Gasteiger partial charge on any atom is -0.762 e. The molecule has 0 aromatic heterocycles. The van der Waals surface area contributed by atoms with Gasteiger partial charge in [-0.1, -0.05) is 0 Å². The van der Waals surface area contributed by atoms with Gasteiger partial charge in [0.25, 0.3) is 0 Å². The van der Waals surface area contributed by atoms with E-state index < -0.39 is 37.3 Å². The van der Waals surface area contributed by atoms with E-state index >= 15 is 0 Å². The Bertz CT molecular complexity index is 239. The van der Waals surface area contributed by atoms with Crippen molar-refractivity contribution in [2.45, 2.75) is 37.1 Å². The highest BCUT2D eigenvalue weighted by atomic mass is 16.8. The van der Waals surface area contributed by atoms with Gasteiger partial charge < -0.3 is 40.3 Å². The van der Waals surface area contributed by atoms with Gasteiger partial charge in [-0.05, 0) is 6.42 Å². The molecule has 108 valence electrons. The number of nitrogens with zero attached hydrogens (tertiary/aromatic N) is 1. The third kappa shape index (κ3) is 4.09. The van der Waals surface area contributed by atoms with Crippen molar-refractivity contribution in [3.05, 3.63) is 5.21 Å². The maximum Gasteiger partial charge on any atom is 0.186 e. The molecule has 18 heavy (non-hydrogen) atoms. The molecule has 5 N–H and O–H groups in total. The zero-order valence-electron chi connectivity index (χ0n) is 9.62. The maximum atomic E-state index is 10.2. The number of ether oxygens (including phenoxy) is 2. The molecular weight excluding hydrogens is 250 g/mol. The van der Waals surface area contributed by atoms with Crippen LogP contribution >= 0.6 is 0 Å². The van der Waals surface area contributed by atoms with Crippen LogP contribution in [0, 0.1) is 5.21 Å². The molecule has 9 nitrogen and oxygen atoms in total. The van der Waals surface area contributed by atoms with E-state index in [-0.39, 0.29) is 24.8 Å². The molecule has 0 bridgehead atoms. The van der Waals surface area contributed by atoms with Crippen LogP contribution in [-0.2, 0) is 9.47 Å². The lowest BCUT2D eigenvalue weighted by Crippen LogP contribution is -2.59. The molecule has 1 aliphatic rings. The molecule has 1 rings (SSSR count). The minimum absolute atomic E-state index is 0.00197. The fourth-order valence-electron chi connectivity index (χ4n) is 1.60. The second-order valence-electron chi connectivity index (χ2n) is 4.00. The van der Waals surface area contributed by atoms with Crippen molar-refractivity contribution in [1.82, 2.24) is 5.23 Å². The number of hydrogen-bond acceptors (Lipinski definition) is 9. The smallest absolute Gasteiger partial charge is 0.186 e. The van der Waals surface area contributed by atoms with Gasteiger partial charge in [-0.15, -0.1) is 0 Å². The van der Waals surface area contributed by atoms with E-state index in [4.69, 9.17) is 19.8 Å². The second kappa shape index (κ2) is 7.28. The monoisotopic (exact) mass is 268 g/mol. The Morgan fingerprint density at radius 1 is 1.17 bits per heavy atom. The summed E-state index contributed by atoms with van der Waals surface area (Å²) in [6.45, 7) is -0.699. The standard InChI is InChI=1S/C9H18NO8/c11-4-5-6(12)7(13)8(14)9(18-5)17-3-1-2-10(15)16/h5-9,11-15H,1-4H2/q-1. The van der Waals surface area contributed by atoms with Gasteiger partial charge in [-0.25, -0.2) is 0 Å². The summed E-state index contributed by atoms with van der Waals surface area (Å²) in [7, 11) is 0. The number of hydrogen-bond donors (Lipinski definition) is 5. The predicted octanol–water partition coefficient (Wildman–Crippen LogP) is -2.62. The summed E-state index contributed by atoms with van der Waals surface area (Å²) in [5.74, 6) is 0. The number of aliphatic hydroxyl groups is 4. The molecule has 1 aliphatic heterocycles. The molecule has 0 aromatic carbocycles. The Morgan fingerprint density at radius 2 is 1.83 bits per heavy atom. The molecular formula is C9H18NO8-. The third-order valence-electron chi connectivity index (χ3n) is 2.62. The first kappa shape index (κ1) is 15.7. The van der Waals surface area contributed by atoms with E-state index in [0.717, 1.165) is 0 Å². The van der Waals surface area contributed by atoms with Gasteiger partial charge >= 0.3 is 0 Å². The van der Waals surface area contributed by atoms with Gasteiger partial charge in [-0.3, -0.25) is 5.23 Å². The van der Waals surface area contributed by atoms with Crippen molar-refractivity contribution in [2.75, 3.05) is 19.8 Å². The molecule has 5 unspecified atom stereocenters. The lowest BCUT2D eigenvalue weighted by molar-refractivity contribution is -0.301. The molecule has 1 saturated heterocycles. The van der Waals surface area contributed by atoms with E-state index in [2.05, 4.69) is 0 Å². The van der Waals surface area contributed by atoms with E-state index in [9.17, 15) is 20.5 Å². The maximum absolute atomic E-state index is 10.2. The number of rotatable bonds is 6. The van der Waals surface area contributed by atoms with Crippen LogP contribution < -0.4 is 0 Å². The summed E-state index contributed by atoms with van der Waals surface area (Å²) in [4.78, 5) is 0. The van der Waals surface area contributed by atoms with Crippen LogP contribution in [-0.4, -0.2) is 81.3 Å². The average molecular weight is 268 g/mol. The van der Waals surface area contributed by atoms with Crippen molar-refractivity contribution in [1.29, 1.82) is 0 Å². The summed E-state index contributed by atoms with van der Waals surface area (Å²) in [6, 6.07) is 0. The van der Waals surface area contributed by atoms with Crippen molar-refractivity contribution < 1.29 is 35.1 Å². The quantitative estimate of drug-likeness (QED) is 0.258. The third-order valence-corrected chi connectivity index (χ3v) is 2.62. The van der Waals surface area contributed by atoms with E-state index in [0.29, 0.717) is 0 Å². The lowest BCUT2D eigenvalue weighted by Gasteiger charge is -2.39. The molecule has 0 radical (unpaired) electrons. The van der Waals surface area contributed by atoms with Crippen LogP contribution in [0.3, 0.4) is 0 Å². The van der Waals surface area contributed by atoms with Gasteiger partial charge in [0.2, 0.25) is 0 Å². The number of hydroxylamine groups is 2. The first-order chi connectivity index (χ1) is 8.47. The van der Waals surface area contributed by atoms with Crippen LogP contribution in [0.4, 0.5) is 0 Å². The summed E-state index contributed by atoms with van der Waals surface area (Å²) in [5.41, 5.74) is 0. The predicted molar refractivity (Wildman–Crippen MR) is 56.2 cm³/mol. The van der Waals surface area contributed by atoms with E-state index in [1.165, 1.54) is 0 Å². The van der Waals surface area contributed by atoms with Crippen molar-refractivity contribution in [3.8, 4) is 0 Å². The molecule has 1 heterocycles. The van der Waals surface area contributed by atoms with Gasteiger partial charge in [0, 0.05) is 6.54 Å². The Hall–Kier alpha value is -0.360. The molecule has 0 spiro atoms. The normalized spacial score (nSPS) is 37.2. The molecule has 0 aliphatic carbocycles. The summed E-state index contributed by atoms with van der Waals surface area (Å²) in [6.07, 6.45) is -6.43. The first-order valence-electron chi connectivity index (χ1n) is 5.53. The number of aliphatic hydroxyl groups excluding tert-OH is 4. The zero-order chi connectivity index (χ0) is 13.7. The fraction of sp³-hybridized carbons (Fsp3) is 1.00. The first-order valence-corrected chi connectivity index (χ1v) is 5.53. The average Bonchev–Trinajstić information content (AvgIpc) is 2.34. The van der Waals surface area contributed by atoms with E-state index in [1.807, 2.05) is 0 Å². The summed E-state index contributed by atoms with van der Waals surface area (Å²) in [5, 5.41) is 55.7. The summed E-state index contributed by atoms with van der Waals surface area (Å²) >= 11 is 0. The minimum atomic E-state index is -1.49. The van der Waals surface area contributed by atoms with Crippen molar-refractivity contribution in [3.63, 3.8) is 0 Å². The fourth-order valence-corrected chi connectivity index (χ4v) is 1.60. The van der Waals surface area contributed by atoms with Crippen LogP contribution in [0.5, 0.6) is 0 Å². The molecule has 0 saturated carbocycles. The Kier molecular flexibility index (Phi) is 6.35. The van der Waals surface area contributed by atoms with Gasteiger partial charge in [0.05, 0.1) is 13.2 Å². The Labute approximate surface area is 103 Å². The van der Waals surface area contributed by atoms with Crippen LogP contribution in [0.25, 0.3) is 0 Å². The van der Waals surface area contributed by atoms with Gasteiger partial charge in [0.15, 0.2) is 6.29 Å². The highest BCUT2D eigenvalue weighted by Gasteiger charge is 2.43. The molecule has 9 heteroatoms. The second-order valence-corrected chi connectivity index (χ2v) is 4.00. The zero-order valence-corrected chi connectivity index (χ0v) is 9.62. The lowest BCUT2D eigenvalue weighted by atomic mass is 9.99. The van der Waals surface area contributed by atoms with Crippen LogP contribution in [0.15, 0.2) is 0 Å². The topological polar surface area (TPSA) is 146 Å². The van der Waals surface area contributed by atoms with Gasteiger partial charge in [0.1, 0.15) is 24.4 Å². The van der Waals surface area contributed by atoms with E-state index in [1.54, 1.807) is 0 Å². The Morgan fingerprint density at radius 3 is 2.39 bits per heavy atom. The summed E-state index contributed by atoms with van der Waals surface area (Å²) < 4.78 is 10.1. The molecule has 1 fully saturated rings. The molecule has 0 aromatic rings. The van der Waals surface area contributed by atoms with Gasteiger partial charge in [-0.2, -0.15) is 0 Å². The largest absolute Gasteiger partial charge is 0.762 e. The van der Waals surface area contributed by atoms with Crippen LogP contribution in [0.1, 0.15) is 6.42 Å². The highest BCUT2D eigenvalue weighted by molar-refractivity contribution is 4.88. The molecule has 0 amide bonds. The van der Waals surface area contributed by atoms with Crippen molar-refractivity contribution >= 4 is 0 Å². The Balaban J connectivity index is 2.39. The SMILES string of the molecule is [O-]N(O)CCCOC1OC(CO)C(O)C(O)C1O. The van der Waals surface area contributed by atoms with Crippen molar-refractivity contribution in [2.24, 2.45) is 0 Å². The highest BCUT2D eigenvalue weighted by Crippen LogP contribution is 2.21.